The first-order chi connectivity index (χ1) is 15.7. The second-order valence-electron chi connectivity index (χ2n) is 9.35. The van der Waals surface area contributed by atoms with E-state index in [1.807, 2.05) is 49.3 Å². The maximum absolute atomic E-state index is 13.1. The number of hydrogen-bond donors (Lipinski definition) is 1. The average Bonchev–Trinajstić information content (AvgIpc) is 2.89. The van der Waals surface area contributed by atoms with Gasteiger partial charge in [0.1, 0.15) is 0 Å². The molecule has 0 fully saturated rings. The summed E-state index contributed by atoms with van der Waals surface area (Å²) in [7, 11) is 0.480. The van der Waals surface area contributed by atoms with Gasteiger partial charge in [-0.25, -0.2) is 8.42 Å². The summed E-state index contributed by atoms with van der Waals surface area (Å²) in [5.41, 5.74) is 2.53. The number of aliphatic hydroxyl groups excluding tert-OH is 1. The molecule has 0 aromatic heterocycles. The number of nitrogens with zero attached hydrogens (tertiary/aromatic N) is 1. The predicted octanol–water partition coefficient (Wildman–Crippen LogP) is 6.39. The van der Waals surface area contributed by atoms with E-state index in [-0.39, 0.29) is 5.75 Å². The minimum atomic E-state index is -3.40. The van der Waals surface area contributed by atoms with Gasteiger partial charge in [0.25, 0.3) is 0 Å². The van der Waals surface area contributed by atoms with E-state index in [1.54, 1.807) is 6.07 Å². The quantitative estimate of drug-likeness (QED) is 0.396. The number of rotatable bonds is 8. The van der Waals surface area contributed by atoms with Crippen LogP contribution < -0.4 is 4.90 Å². The Labute approximate surface area is 209 Å². The summed E-state index contributed by atoms with van der Waals surface area (Å²) in [4.78, 5) is 2.37. The molecular weight excluding hydrogens is 498 g/mol. The molecule has 1 N–H and O–H groups in total. The van der Waals surface area contributed by atoms with E-state index in [0.29, 0.717) is 11.3 Å². The highest BCUT2D eigenvalue weighted by molar-refractivity contribution is 9.08. The molecule has 1 unspecified atom stereocenters. The summed E-state index contributed by atoms with van der Waals surface area (Å²) in [5, 5.41) is 12.0. The van der Waals surface area contributed by atoms with Gasteiger partial charge in [0.2, 0.25) is 0 Å². The molecular formula is C27H40BrNO3S. The summed E-state index contributed by atoms with van der Waals surface area (Å²) in [5.74, 6) is 0.0650. The van der Waals surface area contributed by atoms with E-state index < -0.39 is 21.4 Å². The lowest BCUT2D eigenvalue weighted by molar-refractivity contribution is 0.0250. The molecule has 0 aliphatic carbocycles. The van der Waals surface area contributed by atoms with Gasteiger partial charge in [0.05, 0.1) is 16.8 Å². The topological polar surface area (TPSA) is 57.6 Å². The van der Waals surface area contributed by atoms with Gasteiger partial charge in [-0.1, -0.05) is 85.8 Å². The third kappa shape index (κ3) is 7.56. The van der Waals surface area contributed by atoms with Gasteiger partial charge in [0, 0.05) is 36.9 Å². The lowest BCUT2D eigenvalue weighted by Crippen LogP contribution is -2.41. The monoisotopic (exact) mass is 537 g/mol. The van der Waals surface area contributed by atoms with Crippen LogP contribution in [-0.2, 0) is 21.6 Å². The Morgan fingerprint density at radius 3 is 2.12 bits per heavy atom. The molecule has 33 heavy (non-hydrogen) atoms. The Kier molecular flexibility index (Phi) is 10.9. The summed E-state index contributed by atoms with van der Waals surface area (Å²) >= 11 is 3.36. The molecule has 0 bridgehead atoms. The SMILES string of the molecule is BrCc1ccccc1.CCCCC1(CCCC)CS(=O)(=O)c2ccc(N(C)C)cc2CC1O. The Bertz CT molecular complexity index is 953. The number of unbranched alkanes of at least 4 members (excludes halogenated alkanes) is 2. The molecule has 184 valence electrons. The van der Waals surface area contributed by atoms with Crippen molar-refractivity contribution in [1.82, 2.24) is 0 Å². The zero-order valence-corrected chi connectivity index (χ0v) is 23.0. The molecule has 1 aliphatic heterocycles. The molecule has 0 spiro atoms. The van der Waals surface area contributed by atoms with Crippen LogP contribution in [0.1, 0.15) is 63.5 Å². The lowest BCUT2D eigenvalue weighted by atomic mass is 9.73. The highest BCUT2D eigenvalue weighted by atomic mass is 79.9. The molecule has 0 amide bonds. The molecule has 2 aromatic rings. The highest BCUT2D eigenvalue weighted by Gasteiger charge is 2.44. The van der Waals surface area contributed by atoms with Crippen LogP contribution in [0.4, 0.5) is 5.69 Å². The van der Waals surface area contributed by atoms with Crippen molar-refractivity contribution in [3.8, 4) is 0 Å². The van der Waals surface area contributed by atoms with E-state index >= 15 is 0 Å². The largest absolute Gasteiger partial charge is 0.392 e. The maximum atomic E-state index is 13.1. The van der Waals surface area contributed by atoms with E-state index in [9.17, 15) is 13.5 Å². The molecule has 0 saturated carbocycles. The van der Waals surface area contributed by atoms with Crippen LogP contribution in [0.5, 0.6) is 0 Å². The molecule has 0 saturated heterocycles. The zero-order valence-electron chi connectivity index (χ0n) is 20.6. The van der Waals surface area contributed by atoms with Crippen LogP contribution in [0.3, 0.4) is 0 Å². The molecule has 1 heterocycles. The van der Waals surface area contributed by atoms with E-state index in [2.05, 4.69) is 41.9 Å². The highest BCUT2D eigenvalue weighted by Crippen LogP contribution is 2.43. The Hall–Kier alpha value is -1.37. The van der Waals surface area contributed by atoms with Gasteiger partial charge < -0.3 is 10.0 Å². The third-order valence-corrected chi connectivity index (χ3v) is 9.22. The van der Waals surface area contributed by atoms with Crippen molar-refractivity contribution in [2.24, 2.45) is 5.41 Å². The van der Waals surface area contributed by atoms with Gasteiger partial charge in [0.15, 0.2) is 9.84 Å². The first-order valence-corrected chi connectivity index (χ1v) is 14.8. The third-order valence-electron chi connectivity index (χ3n) is 6.55. The van der Waals surface area contributed by atoms with Gasteiger partial charge in [-0.05, 0) is 42.2 Å². The first-order valence-electron chi connectivity index (χ1n) is 12.0. The Balaban J connectivity index is 0.000000405. The van der Waals surface area contributed by atoms with Crippen molar-refractivity contribution in [1.29, 1.82) is 0 Å². The number of hydrogen-bond acceptors (Lipinski definition) is 4. The standard InChI is InChI=1S/C20H33NO3S.C7H7Br/c1-5-7-11-20(12-8-6-2)15-25(23,24)18-10-9-17(21(3)4)13-16(18)14-19(20)22;8-6-7-4-2-1-3-5-7/h9-10,13,19,22H,5-8,11-12,14-15H2,1-4H3;1-5H,6H2. The van der Waals surface area contributed by atoms with Gasteiger partial charge in [-0.3, -0.25) is 0 Å². The summed E-state index contributed by atoms with van der Waals surface area (Å²) < 4.78 is 26.3. The summed E-state index contributed by atoms with van der Waals surface area (Å²) in [6.45, 7) is 4.23. The van der Waals surface area contributed by atoms with Gasteiger partial charge >= 0.3 is 0 Å². The summed E-state index contributed by atoms with van der Waals surface area (Å²) in [6, 6.07) is 15.8. The maximum Gasteiger partial charge on any atom is 0.179 e. The van der Waals surface area contributed by atoms with Crippen LogP contribution in [0.25, 0.3) is 0 Å². The van der Waals surface area contributed by atoms with Crippen molar-refractivity contribution in [3.63, 3.8) is 0 Å². The van der Waals surface area contributed by atoms with Crippen LogP contribution in [-0.4, -0.2) is 39.5 Å². The fourth-order valence-electron chi connectivity index (χ4n) is 4.51. The molecule has 3 rings (SSSR count). The van der Waals surface area contributed by atoms with E-state index in [4.69, 9.17) is 0 Å². The number of benzene rings is 2. The van der Waals surface area contributed by atoms with Gasteiger partial charge in [-0.2, -0.15) is 0 Å². The summed E-state index contributed by atoms with van der Waals surface area (Å²) in [6.07, 6.45) is 5.29. The van der Waals surface area contributed by atoms with Crippen molar-refractivity contribution >= 4 is 31.5 Å². The zero-order chi connectivity index (χ0) is 24.5. The van der Waals surface area contributed by atoms with Crippen molar-refractivity contribution in [2.75, 3.05) is 24.7 Å². The average molecular weight is 539 g/mol. The fourth-order valence-corrected chi connectivity index (χ4v) is 7.10. The molecule has 2 aromatic carbocycles. The number of anilines is 1. The second-order valence-corrected chi connectivity index (χ2v) is 11.9. The number of sulfone groups is 1. The van der Waals surface area contributed by atoms with E-state index in [1.165, 1.54) is 5.56 Å². The fraction of sp³-hybridized carbons (Fsp3) is 0.556. The second kappa shape index (κ2) is 12.9. The molecule has 6 heteroatoms. The number of aliphatic hydroxyl groups is 1. The van der Waals surface area contributed by atoms with Crippen LogP contribution in [0.2, 0.25) is 0 Å². The van der Waals surface area contributed by atoms with Crippen LogP contribution >= 0.6 is 15.9 Å². The normalized spacial score (nSPS) is 18.4. The van der Waals surface area contributed by atoms with Crippen molar-refractivity contribution < 1.29 is 13.5 Å². The van der Waals surface area contributed by atoms with Gasteiger partial charge in [-0.15, -0.1) is 0 Å². The Morgan fingerprint density at radius 1 is 1.03 bits per heavy atom. The molecule has 1 aliphatic rings. The Morgan fingerprint density at radius 2 is 1.64 bits per heavy atom. The minimum Gasteiger partial charge on any atom is -0.392 e. The van der Waals surface area contributed by atoms with Crippen LogP contribution in [0.15, 0.2) is 53.4 Å². The number of halogens is 1. The van der Waals surface area contributed by atoms with E-state index in [0.717, 1.165) is 55.1 Å². The van der Waals surface area contributed by atoms with Crippen LogP contribution in [0, 0.1) is 5.41 Å². The van der Waals surface area contributed by atoms with Crippen molar-refractivity contribution in [3.05, 3.63) is 59.7 Å². The number of alkyl halides is 1. The predicted molar refractivity (Wildman–Crippen MR) is 143 cm³/mol. The smallest absolute Gasteiger partial charge is 0.179 e. The van der Waals surface area contributed by atoms with Crippen molar-refractivity contribution in [2.45, 2.75) is 75.1 Å². The lowest BCUT2D eigenvalue weighted by Gasteiger charge is -2.36. The molecule has 1 atom stereocenters. The number of fused-ring (bicyclic) bond motifs is 1. The minimum absolute atomic E-state index is 0.0650. The molecule has 4 nitrogen and oxygen atoms in total. The first kappa shape index (κ1) is 27.9. The molecule has 0 radical (unpaired) electrons.